The predicted molar refractivity (Wildman–Crippen MR) is 94.1 cm³/mol. The Morgan fingerprint density at radius 1 is 0.650 bits per heavy atom. The van der Waals surface area contributed by atoms with E-state index in [0.717, 1.165) is 20.1 Å². The molecule has 0 spiro atoms. The highest BCUT2D eigenvalue weighted by molar-refractivity contribution is 9.15. The largest absolute Gasteiger partial charge is 0.0750 e. The van der Waals surface area contributed by atoms with E-state index in [9.17, 15) is 0 Å². The second-order valence-corrected chi connectivity index (χ2v) is 6.20. The Bertz CT molecular complexity index is 631. The van der Waals surface area contributed by atoms with Crippen LogP contribution < -0.4 is 0 Å². The molecule has 0 saturated carbocycles. The van der Waals surface area contributed by atoms with E-state index in [1.165, 1.54) is 11.1 Å². The fourth-order valence-corrected chi connectivity index (χ4v) is 2.38. The molecule has 0 bridgehead atoms. The SMILES string of the molecule is Cc1ccc(C(Br)=C=C=C(Br)c2ccc(C)cc2)cc1. The molecule has 0 aliphatic carbocycles. The summed E-state index contributed by atoms with van der Waals surface area (Å²) in [5.74, 6) is 0. The number of halogens is 2. The molecule has 0 saturated heterocycles. The van der Waals surface area contributed by atoms with Crippen LogP contribution in [-0.2, 0) is 0 Å². The lowest BCUT2D eigenvalue weighted by molar-refractivity contribution is 1.46. The summed E-state index contributed by atoms with van der Waals surface area (Å²) >= 11 is 7.06. The van der Waals surface area contributed by atoms with Crippen molar-refractivity contribution in [3.05, 3.63) is 82.2 Å². The van der Waals surface area contributed by atoms with Gasteiger partial charge in [-0.15, -0.1) is 0 Å². The van der Waals surface area contributed by atoms with Crippen molar-refractivity contribution >= 4 is 40.8 Å². The molecule has 2 aromatic carbocycles. The number of hydrogen-bond acceptors (Lipinski definition) is 0. The first kappa shape index (κ1) is 15.1. The second-order valence-electron chi connectivity index (χ2n) is 4.61. The molecule has 0 nitrogen and oxygen atoms in total. The van der Waals surface area contributed by atoms with Gasteiger partial charge in [0.05, 0.1) is 8.96 Å². The number of rotatable bonds is 2. The van der Waals surface area contributed by atoms with Crippen molar-refractivity contribution in [2.24, 2.45) is 0 Å². The number of hydrogen-bond donors (Lipinski definition) is 0. The van der Waals surface area contributed by atoms with Gasteiger partial charge in [-0.05, 0) is 56.8 Å². The van der Waals surface area contributed by atoms with Crippen LogP contribution in [-0.4, -0.2) is 0 Å². The number of benzene rings is 2. The minimum absolute atomic E-state index is 0.890. The van der Waals surface area contributed by atoms with Crippen molar-refractivity contribution in [3.63, 3.8) is 0 Å². The first-order valence-electron chi connectivity index (χ1n) is 6.27. The molecule has 0 aliphatic heterocycles. The molecular formula is C18H14Br2. The summed E-state index contributed by atoms with van der Waals surface area (Å²) in [6.45, 7) is 4.15. The van der Waals surface area contributed by atoms with Gasteiger partial charge in [-0.3, -0.25) is 0 Å². The van der Waals surface area contributed by atoms with Gasteiger partial charge in [0.1, 0.15) is 0 Å². The molecule has 0 aliphatic rings. The van der Waals surface area contributed by atoms with E-state index in [1.807, 2.05) is 0 Å². The highest BCUT2D eigenvalue weighted by atomic mass is 79.9. The fraction of sp³-hybridized carbons (Fsp3) is 0.111. The van der Waals surface area contributed by atoms with E-state index in [0.29, 0.717) is 0 Å². The zero-order valence-corrected chi connectivity index (χ0v) is 14.5. The van der Waals surface area contributed by atoms with Crippen LogP contribution in [0.1, 0.15) is 22.3 Å². The van der Waals surface area contributed by atoms with Gasteiger partial charge in [-0.2, -0.15) is 0 Å². The summed E-state index contributed by atoms with van der Waals surface area (Å²) in [5, 5.41) is 0. The Balaban J connectivity index is 2.38. The minimum Gasteiger partial charge on any atom is -0.0587 e. The van der Waals surface area contributed by atoms with Crippen molar-refractivity contribution in [2.75, 3.05) is 0 Å². The van der Waals surface area contributed by atoms with Gasteiger partial charge < -0.3 is 0 Å². The van der Waals surface area contributed by atoms with Crippen LogP contribution >= 0.6 is 31.9 Å². The van der Waals surface area contributed by atoms with E-state index in [1.54, 1.807) is 0 Å². The second kappa shape index (κ2) is 6.92. The van der Waals surface area contributed by atoms with Crippen molar-refractivity contribution in [2.45, 2.75) is 13.8 Å². The lowest BCUT2D eigenvalue weighted by Gasteiger charge is -1.97. The molecule has 0 atom stereocenters. The van der Waals surface area contributed by atoms with Crippen molar-refractivity contribution in [1.29, 1.82) is 0 Å². The van der Waals surface area contributed by atoms with Gasteiger partial charge in [0.25, 0.3) is 0 Å². The smallest absolute Gasteiger partial charge is 0.0587 e. The topological polar surface area (TPSA) is 0 Å². The van der Waals surface area contributed by atoms with Crippen molar-refractivity contribution in [1.82, 2.24) is 0 Å². The predicted octanol–water partition coefficient (Wildman–Crippen LogP) is 6.23. The Hall–Kier alpha value is -1.30. The van der Waals surface area contributed by atoms with Gasteiger partial charge in [0, 0.05) is 0 Å². The Kier molecular flexibility index (Phi) is 5.23. The summed E-state index contributed by atoms with van der Waals surface area (Å²) in [6, 6.07) is 16.6. The number of aryl methyl sites for hydroxylation is 2. The maximum atomic E-state index is 3.53. The zero-order valence-electron chi connectivity index (χ0n) is 11.4. The van der Waals surface area contributed by atoms with E-state index in [4.69, 9.17) is 0 Å². The van der Waals surface area contributed by atoms with Crippen LogP contribution in [0.15, 0.2) is 60.0 Å². The third-order valence-corrected chi connectivity index (χ3v) is 4.20. The Morgan fingerprint density at radius 3 is 1.25 bits per heavy atom. The lowest BCUT2D eigenvalue weighted by atomic mass is 10.1. The average Bonchev–Trinajstić information content (AvgIpc) is 2.46. The van der Waals surface area contributed by atoms with Crippen LogP contribution in [0.5, 0.6) is 0 Å². The monoisotopic (exact) mass is 388 g/mol. The van der Waals surface area contributed by atoms with Crippen LogP contribution in [0, 0.1) is 13.8 Å². The van der Waals surface area contributed by atoms with Gasteiger partial charge in [0.2, 0.25) is 0 Å². The first-order valence-corrected chi connectivity index (χ1v) is 7.86. The Labute approximate surface area is 136 Å². The molecule has 2 aromatic rings. The summed E-state index contributed by atoms with van der Waals surface area (Å²) in [6.07, 6.45) is 0. The quantitative estimate of drug-likeness (QED) is 0.534. The Morgan fingerprint density at radius 2 is 0.950 bits per heavy atom. The van der Waals surface area contributed by atoms with Gasteiger partial charge in [-0.1, -0.05) is 71.1 Å². The average molecular weight is 390 g/mol. The normalized spacial score (nSPS) is 9.60. The highest BCUT2D eigenvalue weighted by Gasteiger charge is 1.97. The fourth-order valence-electron chi connectivity index (χ4n) is 1.65. The van der Waals surface area contributed by atoms with Crippen molar-refractivity contribution < 1.29 is 0 Å². The third-order valence-electron chi connectivity index (χ3n) is 2.89. The summed E-state index contributed by atoms with van der Waals surface area (Å²) < 4.78 is 1.78. The van der Waals surface area contributed by atoms with E-state index < -0.39 is 0 Å². The molecule has 0 unspecified atom stereocenters. The first-order chi connectivity index (χ1) is 9.56. The standard InChI is InChI=1S/C18H14Br2/c1-13-3-7-15(8-4-13)17(19)11-12-18(20)16-9-5-14(2)6-10-16/h3-10H,1-2H3. The van der Waals surface area contributed by atoms with Gasteiger partial charge >= 0.3 is 0 Å². The lowest BCUT2D eigenvalue weighted by Crippen LogP contribution is -1.77. The molecule has 0 fully saturated rings. The van der Waals surface area contributed by atoms with E-state index in [-0.39, 0.29) is 0 Å². The molecule has 0 heterocycles. The van der Waals surface area contributed by atoms with E-state index >= 15 is 0 Å². The van der Waals surface area contributed by atoms with Crippen LogP contribution in [0.2, 0.25) is 0 Å². The summed E-state index contributed by atoms with van der Waals surface area (Å²) in [4.78, 5) is 0. The van der Waals surface area contributed by atoms with Crippen LogP contribution in [0.25, 0.3) is 8.96 Å². The molecule has 2 rings (SSSR count). The summed E-state index contributed by atoms with van der Waals surface area (Å²) in [7, 11) is 0. The molecule has 0 aromatic heterocycles. The van der Waals surface area contributed by atoms with Crippen LogP contribution in [0.3, 0.4) is 0 Å². The van der Waals surface area contributed by atoms with Gasteiger partial charge in [0.15, 0.2) is 0 Å². The highest BCUT2D eigenvalue weighted by Crippen LogP contribution is 2.22. The van der Waals surface area contributed by atoms with Crippen molar-refractivity contribution in [3.8, 4) is 0 Å². The molecule has 0 radical (unpaired) electrons. The van der Waals surface area contributed by atoms with Gasteiger partial charge in [-0.25, -0.2) is 0 Å². The minimum atomic E-state index is 0.890. The molecule has 2 heteroatoms. The molecule has 100 valence electrons. The molecule has 0 N–H and O–H groups in total. The molecule has 0 amide bonds. The van der Waals surface area contributed by atoms with Crippen LogP contribution in [0.4, 0.5) is 0 Å². The molecule has 20 heavy (non-hydrogen) atoms. The molecular weight excluding hydrogens is 376 g/mol. The summed E-state index contributed by atoms with van der Waals surface area (Å²) in [5.41, 5.74) is 10.9. The van der Waals surface area contributed by atoms with E-state index in [2.05, 4.69) is 106 Å². The maximum absolute atomic E-state index is 3.53. The maximum Gasteiger partial charge on any atom is 0.0750 e. The zero-order chi connectivity index (χ0) is 14.5. The third kappa shape index (κ3) is 4.10.